The Balaban J connectivity index is 2.95. The number of aryl methyl sites for hydroxylation is 2. The molecule has 1 rings (SSSR count). The third-order valence-electron chi connectivity index (χ3n) is 3.01. The molecule has 1 aromatic carbocycles. The van der Waals surface area contributed by atoms with Crippen molar-refractivity contribution in [2.75, 3.05) is 5.33 Å². The van der Waals surface area contributed by atoms with Gasteiger partial charge in [-0.3, -0.25) is 0 Å². The van der Waals surface area contributed by atoms with Crippen LogP contribution in [0.5, 0.6) is 0 Å². The zero-order chi connectivity index (χ0) is 10.7. The van der Waals surface area contributed by atoms with Crippen LogP contribution in [0.1, 0.15) is 36.5 Å². The lowest BCUT2D eigenvalue weighted by Gasteiger charge is -2.20. The van der Waals surface area contributed by atoms with Crippen LogP contribution in [0.3, 0.4) is 0 Å². The second kappa shape index (κ2) is 4.97. The van der Waals surface area contributed by atoms with Gasteiger partial charge >= 0.3 is 0 Å². The van der Waals surface area contributed by atoms with Crippen LogP contribution >= 0.6 is 15.9 Å². The summed E-state index contributed by atoms with van der Waals surface area (Å²) >= 11 is 3.55. The Bertz CT molecular complexity index is 304. The minimum Gasteiger partial charge on any atom is -0.0925 e. The molecule has 2 unspecified atom stereocenters. The third kappa shape index (κ3) is 2.60. The first-order valence-corrected chi connectivity index (χ1v) is 6.31. The molecular weight excluding hydrogens is 236 g/mol. The molecule has 1 heteroatoms. The van der Waals surface area contributed by atoms with Crippen LogP contribution in [0, 0.1) is 19.8 Å². The topological polar surface area (TPSA) is 0 Å². The van der Waals surface area contributed by atoms with Crippen LogP contribution in [0.15, 0.2) is 18.2 Å². The summed E-state index contributed by atoms with van der Waals surface area (Å²) in [4.78, 5) is 0. The molecule has 0 amide bonds. The Kier molecular flexibility index (Phi) is 4.18. The standard InChI is InChI=1S/C13H19Br/c1-9-5-6-13(10(2)7-9)12(4)11(3)8-14/h5-7,11-12H,8H2,1-4H3. The van der Waals surface area contributed by atoms with E-state index < -0.39 is 0 Å². The predicted octanol–water partition coefficient (Wildman–Crippen LogP) is 4.44. The first-order valence-electron chi connectivity index (χ1n) is 5.19. The van der Waals surface area contributed by atoms with E-state index in [0.29, 0.717) is 11.8 Å². The highest BCUT2D eigenvalue weighted by Crippen LogP contribution is 2.28. The summed E-state index contributed by atoms with van der Waals surface area (Å²) in [6.45, 7) is 8.96. The van der Waals surface area contributed by atoms with Crippen molar-refractivity contribution in [2.45, 2.75) is 33.6 Å². The Labute approximate surface area is 95.9 Å². The molecule has 0 bridgehead atoms. The van der Waals surface area contributed by atoms with Crippen molar-refractivity contribution >= 4 is 15.9 Å². The van der Waals surface area contributed by atoms with Crippen molar-refractivity contribution in [1.82, 2.24) is 0 Å². The molecule has 2 atom stereocenters. The van der Waals surface area contributed by atoms with Crippen LogP contribution in [0.4, 0.5) is 0 Å². The number of hydrogen-bond donors (Lipinski definition) is 0. The van der Waals surface area contributed by atoms with Gasteiger partial charge in [-0.2, -0.15) is 0 Å². The van der Waals surface area contributed by atoms with Crippen LogP contribution in [-0.2, 0) is 0 Å². The number of rotatable bonds is 3. The van der Waals surface area contributed by atoms with Crippen molar-refractivity contribution in [1.29, 1.82) is 0 Å². The van der Waals surface area contributed by atoms with E-state index in [2.05, 4.69) is 61.8 Å². The molecule has 0 aliphatic carbocycles. The molecule has 0 saturated heterocycles. The van der Waals surface area contributed by atoms with Crippen LogP contribution in [-0.4, -0.2) is 5.33 Å². The summed E-state index contributed by atoms with van der Waals surface area (Å²) in [5.74, 6) is 1.33. The molecule has 0 N–H and O–H groups in total. The summed E-state index contributed by atoms with van der Waals surface area (Å²) in [6, 6.07) is 6.75. The van der Waals surface area contributed by atoms with Gasteiger partial charge in [-0.05, 0) is 36.8 Å². The quantitative estimate of drug-likeness (QED) is 0.700. The van der Waals surface area contributed by atoms with Crippen LogP contribution in [0.25, 0.3) is 0 Å². The average molecular weight is 255 g/mol. The van der Waals surface area contributed by atoms with Gasteiger partial charge < -0.3 is 0 Å². The largest absolute Gasteiger partial charge is 0.0925 e. The molecule has 0 spiro atoms. The van der Waals surface area contributed by atoms with Crippen molar-refractivity contribution in [3.8, 4) is 0 Å². The van der Waals surface area contributed by atoms with Gasteiger partial charge in [0.15, 0.2) is 0 Å². The summed E-state index contributed by atoms with van der Waals surface area (Å²) < 4.78 is 0. The molecule has 0 heterocycles. The lowest BCUT2D eigenvalue weighted by Crippen LogP contribution is -2.08. The molecule has 0 aliphatic rings. The van der Waals surface area contributed by atoms with E-state index in [1.54, 1.807) is 0 Å². The molecule has 0 saturated carbocycles. The normalized spacial score (nSPS) is 15.2. The zero-order valence-electron chi connectivity index (χ0n) is 9.47. The molecule has 0 radical (unpaired) electrons. The molecule has 0 nitrogen and oxygen atoms in total. The Morgan fingerprint density at radius 1 is 1.21 bits per heavy atom. The number of halogens is 1. The van der Waals surface area contributed by atoms with Crippen LogP contribution in [0.2, 0.25) is 0 Å². The smallest absolute Gasteiger partial charge is 0.00627 e. The van der Waals surface area contributed by atoms with Gasteiger partial charge in [-0.25, -0.2) is 0 Å². The Hall–Kier alpha value is -0.300. The highest BCUT2D eigenvalue weighted by atomic mass is 79.9. The first-order chi connectivity index (χ1) is 6.56. The Morgan fingerprint density at radius 3 is 2.36 bits per heavy atom. The van der Waals surface area contributed by atoms with E-state index in [9.17, 15) is 0 Å². The Morgan fingerprint density at radius 2 is 1.86 bits per heavy atom. The summed E-state index contributed by atoms with van der Waals surface area (Å²) in [5.41, 5.74) is 4.26. The van der Waals surface area contributed by atoms with Gasteiger partial charge in [0.25, 0.3) is 0 Å². The molecule has 78 valence electrons. The third-order valence-corrected chi connectivity index (χ3v) is 4.03. The first kappa shape index (κ1) is 11.8. The summed E-state index contributed by atoms with van der Waals surface area (Å²) in [7, 11) is 0. The monoisotopic (exact) mass is 254 g/mol. The SMILES string of the molecule is Cc1ccc(C(C)C(C)CBr)c(C)c1. The number of alkyl halides is 1. The van der Waals surface area contributed by atoms with Gasteiger partial charge in [0, 0.05) is 5.33 Å². The fraction of sp³-hybridized carbons (Fsp3) is 0.538. The van der Waals surface area contributed by atoms with Crippen LogP contribution < -0.4 is 0 Å². The average Bonchev–Trinajstić information content (AvgIpc) is 2.15. The maximum atomic E-state index is 3.55. The van der Waals surface area contributed by atoms with E-state index in [0.717, 1.165) is 5.33 Å². The van der Waals surface area contributed by atoms with E-state index in [1.165, 1.54) is 16.7 Å². The van der Waals surface area contributed by atoms with Crippen molar-refractivity contribution in [3.05, 3.63) is 34.9 Å². The maximum Gasteiger partial charge on any atom is 0.00627 e. The molecule has 0 aromatic heterocycles. The minimum absolute atomic E-state index is 0.634. The molecule has 1 aromatic rings. The maximum absolute atomic E-state index is 3.55. The van der Waals surface area contributed by atoms with E-state index >= 15 is 0 Å². The molecular formula is C13H19Br. The lowest BCUT2D eigenvalue weighted by molar-refractivity contribution is 0.544. The van der Waals surface area contributed by atoms with E-state index in [-0.39, 0.29) is 0 Å². The van der Waals surface area contributed by atoms with Gasteiger partial charge in [0.05, 0.1) is 0 Å². The van der Waals surface area contributed by atoms with Gasteiger partial charge in [0.1, 0.15) is 0 Å². The summed E-state index contributed by atoms with van der Waals surface area (Å²) in [5, 5.41) is 1.07. The highest BCUT2D eigenvalue weighted by Gasteiger charge is 2.14. The van der Waals surface area contributed by atoms with E-state index in [1.807, 2.05) is 0 Å². The molecule has 14 heavy (non-hydrogen) atoms. The second-order valence-corrected chi connectivity index (χ2v) is 4.93. The lowest BCUT2D eigenvalue weighted by atomic mass is 9.87. The second-order valence-electron chi connectivity index (χ2n) is 4.28. The summed E-state index contributed by atoms with van der Waals surface area (Å²) in [6.07, 6.45) is 0. The molecule has 0 fully saturated rings. The van der Waals surface area contributed by atoms with Crippen molar-refractivity contribution in [2.24, 2.45) is 5.92 Å². The predicted molar refractivity (Wildman–Crippen MR) is 67.3 cm³/mol. The number of hydrogen-bond acceptors (Lipinski definition) is 0. The fourth-order valence-electron chi connectivity index (χ4n) is 1.78. The minimum atomic E-state index is 0.634. The van der Waals surface area contributed by atoms with Gasteiger partial charge in [0.2, 0.25) is 0 Å². The van der Waals surface area contributed by atoms with Gasteiger partial charge in [-0.1, -0.05) is 53.5 Å². The van der Waals surface area contributed by atoms with E-state index in [4.69, 9.17) is 0 Å². The fourth-order valence-corrected chi connectivity index (χ4v) is 2.34. The zero-order valence-corrected chi connectivity index (χ0v) is 11.1. The molecule has 0 aliphatic heterocycles. The highest BCUT2D eigenvalue weighted by molar-refractivity contribution is 9.09. The van der Waals surface area contributed by atoms with Crippen molar-refractivity contribution in [3.63, 3.8) is 0 Å². The number of benzene rings is 1. The van der Waals surface area contributed by atoms with Crippen molar-refractivity contribution < 1.29 is 0 Å². The van der Waals surface area contributed by atoms with Gasteiger partial charge in [-0.15, -0.1) is 0 Å².